The Bertz CT molecular complexity index is 906. The summed E-state index contributed by atoms with van der Waals surface area (Å²) in [6.45, 7) is 5.21. The first-order valence-corrected chi connectivity index (χ1v) is 9.12. The third kappa shape index (κ3) is 3.67. The van der Waals surface area contributed by atoms with E-state index in [-0.39, 0.29) is 23.7 Å². The van der Waals surface area contributed by atoms with Crippen molar-refractivity contribution in [3.05, 3.63) is 39.7 Å². The minimum absolute atomic E-state index is 0. The molecule has 1 aromatic carbocycles. The van der Waals surface area contributed by atoms with E-state index in [2.05, 4.69) is 10.2 Å². The first-order chi connectivity index (χ1) is 12.7. The lowest BCUT2D eigenvalue weighted by molar-refractivity contribution is 0.0374. The number of aryl methyl sites for hydroxylation is 2. The van der Waals surface area contributed by atoms with Gasteiger partial charge in [0, 0.05) is 31.6 Å². The van der Waals surface area contributed by atoms with Crippen LogP contribution in [-0.4, -0.2) is 59.9 Å². The highest BCUT2D eigenvalue weighted by Crippen LogP contribution is 2.31. The van der Waals surface area contributed by atoms with Gasteiger partial charge < -0.3 is 19.7 Å². The summed E-state index contributed by atoms with van der Waals surface area (Å²) in [5, 5.41) is 13.9. The Labute approximate surface area is 163 Å². The van der Waals surface area contributed by atoms with Crippen LogP contribution in [0.1, 0.15) is 22.3 Å². The molecular weight excluding hydrogens is 370 g/mol. The molecule has 0 aliphatic carbocycles. The van der Waals surface area contributed by atoms with E-state index in [4.69, 9.17) is 4.74 Å². The SMILES string of the molecule is Cl.O=C(NCCCN1CCOCC1)c1c(O)c2cccc3c2n(c1=O)CC3. The molecule has 27 heavy (non-hydrogen) atoms. The van der Waals surface area contributed by atoms with Crippen LogP contribution in [0.25, 0.3) is 10.9 Å². The number of ether oxygens (including phenoxy) is 1. The van der Waals surface area contributed by atoms with Gasteiger partial charge in [-0.3, -0.25) is 14.5 Å². The van der Waals surface area contributed by atoms with Gasteiger partial charge in [0.05, 0.1) is 18.7 Å². The fraction of sp³-hybridized carbons (Fsp3) is 0.474. The van der Waals surface area contributed by atoms with Gasteiger partial charge in [-0.1, -0.05) is 12.1 Å². The molecule has 146 valence electrons. The molecule has 8 heteroatoms. The van der Waals surface area contributed by atoms with Crippen molar-refractivity contribution in [3.63, 3.8) is 0 Å². The van der Waals surface area contributed by atoms with Gasteiger partial charge in [0.15, 0.2) is 0 Å². The molecule has 1 fully saturated rings. The molecule has 2 aliphatic rings. The fourth-order valence-electron chi connectivity index (χ4n) is 3.84. The summed E-state index contributed by atoms with van der Waals surface area (Å²) in [6, 6.07) is 5.56. The monoisotopic (exact) mass is 393 g/mol. The molecule has 2 aliphatic heterocycles. The second kappa shape index (κ2) is 8.29. The zero-order valence-corrected chi connectivity index (χ0v) is 15.9. The number of carbonyl (C=O) groups excluding carboxylic acids is 1. The number of hydrogen-bond acceptors (Lipinski definition) is 5. The normalized spacial score (nSPS) is 16.3. The lowest BCUT2D eigenvalue weighted by atomic mass is 10.1. The van der Waals surface area contributed by atoms with Gasteiger partial charge in [0.1, 0.15) is 11.3 Å². The van der Waals surface area contributed by atoms with E-state index >= 15 is 0 Å². The van der Waals surface area contributed by atoms with Crippen molar-refractivity contribution in [1.29, 1.82) is 0 Å². The van der Waals surface area contributed by atoms with Crippen LogP contribution in [-0.2, 0) is 17.7 Å². The van der Waals surface area contributed by atoms with Crippen molar-refractivity contribution in [3.8, 4) is 5.75 Å². The van der Waals surface area contributed by atoms with Crippen LogP contribution in [0.3, 0.4) is 0 Å². The Balaban J connectivity index is 0.00000210. The number of morpholine rings is 1. The summed E-state index contributed by atoms with van der Waals surface area (Å²) < 4.78 is 6.92. The van der Waals surface area contributed by atoms with Crippen LogP contribution >= 0.6 is 12.4 Å². The number of carbonyl (C=O) groups is 1. The van der Waals surface area contributed by atoms with Crippen molar-refractivity contribution in [1.82, 2.24) is 14.8 Å². The molecule has 2 aromatic rings. The maximum Gasteiger partial charge on any atom is 0.267 e. The third-order valence-electron chi connectivity index (χ3n) is 5.21. The molecule has 0 unspecified atom stereocenters. The Morgan fingerprint density at radius 3 is 2.78 bits per heavy atom. The summed E-state index contributed by atoms with van der Waals surface area (Å²) >= 11 is 0. The van der Waals surface area contributed by atoms with E-state index in [9.17, 15) is 14.7 Å². The molecule has 7 nitrogen and oxygen atoms in total. The number of aromatic nitrogens is 1. The molecule has 2 N–H and O–H groups in total. The van der Waals surface area contributed by atoms with E-state index in [0.29, 0.717) is 18.5 Å². The van der Waals surface area contributed by atoms with Crippen LogP contribution < -0.4 is 10.9 Å². The number of rotatable bonds is 5. The number of pyridine rings is 1. The van der Waals surface area contributed by atoms with Crippen molar-refractivity contribution in [2.45, 2.75) is 19.4 Å². The molecule has 1 amide bonds. The minimum atomic E-state index is -0.502. The Hall–Kier alpha value is -2.09. The smallest absolute Gasteiger partial charge is 0.267 e. The van der Waals surface area contributed by atoms with Gasteiger partial charge in [0.2, 0.25) is 0 Å². The number of halogens is 1. The van der Waals surface area contributed by atoms with Crippen molar-refractivity contribution < 1.29 is 14.6 Å². The highest BCUT2D eigenvalue weighted by Gasteiger charge is 2.25. The number of amides is 1. The number of aromatic hydroxyl groups is 1. The second-order valence-electron chi connectivity index (χ2n) is 6.81. The average Bonchev–Trinajstić information content (AvgIpc) is 3.10. The summed E-state index contributed by atoms with van der Waals surface area (Å²) in [5.41, 5.74) is 1.22. The van der Waals surface area contributed by atoms with E-state index in [1.807, 2.05) is 12.1 Å². The lowest BCUT2D eigenvalue weighted by Gasteiger charge is -2.26. The van der Waals surface area contributed by atoms with Crippen LogP contribution in [0.4, 0.5) is 0 Å². The van der Waals surface area contributed by atoms with Crippen molar-refractivity contribution in [2.75, 3.05) is 39.4 Å². The lowest BCUT2D eigenvalue weighted by Crippen LogP contribution is -2.38. The zero-order chi connectivity index (χ0) is 18.1. The number of benzene rings is 1. The summed E-state index contributed by atoms with van der Waals surface area (Å²) in [6.07, 6.45) is 1.54. The first-order valence-electron chi connectivity index (χ1n) is 9.12. The predicted octanol–water partition coefficient (Wildman–Crippen LogP) is 1.14. The molecular formula is C19H24ClN3O4. The molecule has 0 radical (unpaired) electrons. The topological polar surface area (TPSA) is 83.8 Å². The predicted molar refractivity (Wildman–Crippen MR) is 105 cm³/mol. The quantitative estimate of drug-likeness (QED) is 0.744. The van der Waals surface area contributed by atoms with Crippen LogP contribution in [0.15, 0.2) is 23.0 Å². The molecule has 1 aromatic heterocycles. The summed E-state index contributed by atoms with van der Waals surface area (Å²) in [5.74, 6) is -0.715. The molecule has 0 atom stereocenters. The summed E-state index contributed by atoms with van der Waals surface area (Å²) in [4.78, 5) is 27.5. The molecule has 3 heterocycles. The van der Waals surface area contributed by atoms with Gasteiger partial charge >= 0.3 is 0 Å². The Kier molecular flexibility index (Phi) is 6.04. The number of para-hydroxylation sites is 1. The van der Waals surface area contributed by atoms with E-state index in [0.717, 1.165) is 56.8 Å². The third-order valence-corrected chi connectivity index (χ3v) is 5.21. The highest BCUT2D eigenvalue weighted by atomic mass is 35.5. The van der Waals surface area contributed by atoms with Crippen LogP contribution in [0.2, 0.25) is 0 Å². The second-order valence-corrected chi connectivity index (χ2v) is 6.81. The van der Waals surface area contributed by atoms with Gasteiger partial charge in [-0.15, -0.1) is 12.4 Å². The number of nitrogens with one attached hydrogen (secondary N) is 1. The van der Waals surface area contributed by atoms with Gasteiger partial charge in [0.25, 0.3) is 11.5 Å². The molecule has 0 spiro atoms. The fourth-order valence-corrected chi connectivity index (χ4v) is 3.84. The van der Waals surface area contributed by atoms with E-state index in [1.165, 1.54) is 0 Å². The van der Waals surface area contributed by atoms with Gasteiger partial charge in [-0.05, 0) is 31.0 Å². The van der Waals surface area contributed by atoms with E-state index < -0.39 is 11.5 Å². The molecule has 0 saturated carbocycles. The molecule has 0 bridgehead atoms. The zero-order valence-electron chi connectivity index (χ0n) is 15.1. The minimum Gasteiger partial charge on any atom is -0.506 e. The number of hydrogen-bond donors (Lipinski definition) is 2. The van der Waals surface area contributed by atoms with Crippen LogP contribution in [0.5, 0.6) is 5.75 Å². The molecule has 1 saturated heterocycles. The summed E-state index contributed by atoms with van der Waals surface area (Å²) in [7, 11) is 0. The Morgan fingerprint density at radius 1 is 1.22 bits per heavy atom. The average molecular weight is 394 g/mol. The largest absolute Gasteiger partial charge is 0.506 e. The maximum atomic E-state index is 12.7. The van der Waals surface area contributed by atoms with Crippen molar-refractivity contribution >= 4 is 29.2 Å². The van der Waals surface area contributed by atoms with Crippen molar-refractivity contribution in [2.24, 2.45) is 0 Å². The van der Waals surface area contributed by atoms with E-state index in [1.54, 1.807) is 10.6 Å². The maximum absolute atomic E-state index is 12.7. The Morgan fingerprint density at radius 2 is 2.00 bits per heavy atom. The van der Waals surface area contributed by atoms with Gasteiger partial charge in [-0.25, -0.2) is 0 Å². The van der Waals surface area contributed by atoms with Crippen LogP contribution in [0, 0.1) is 0 Å². The highest BCUT2D eigenvalue weighted by molar-refractivity contribution is 6.03. The standard InChI is InChI=1S/C19H23N3O4.ClH/c23-17-14-4-1-3-13-5-8-22(16(13)14)19(25)15(17)18(24)20-6-2-7-21-9-11-26-12-10-21;/h1,3-4,23H,2,5-12H2,(H,20,24);1H. The first kappa shape index (κ1) is 19.7. The number of nitrogens with zero attached hydrogens (tertiary/aromatic N) is 2. The van der Waals surface area contributed by atoms with Gasteiger partial charge in [-0.2, -0.15) is 0 Å². The molecule has 4 rings (SSSR count).